The molecule has 0 bridgehead atoms. The second-order valence-electron chi connectivity index (χ2n) is 6.32. The number of urea groups is 1. The normalized spacial score (nSPS) is 11.1. The Kier molecular flexibility index (Phi) is 5.41. The van der Waals surface area contributed by atoms with Crippen LogP contribution in [0.2, 0.25) is 0 Å². The molecule has 0 saturated carbocycles. The van der Waals surface area contributed by atoms with E-state index < -0.39 is 23.4 Å². The third-order valence-electron chi connectivity index (χ3n) is 3.37. The number of esters is 1. The number of hydrogen-bond donors (Lipinski definition) is 1. The molecule has 7 nitrogen and oxygen atoms in total. The average Bonchev–Trinajstić information content (AvgIpc) is 2.99. The molecule has 0 aliphatic rings. The quantitative estimate of drug-likeness (QED) is 0.855. The minimum Gasteiger partial charge on any atom is -0.464 e. The van der Waals surface area contributed by atoms with Crippen molar-refractivity contribution in [3.8, 4) is 0 Å². The third-order valence-corrected chi connectivity index (χ3v) is 3.37. The number of aromatic nitrogens is 1. The molecular formula is C17H20FN3O4. The first kappa shape index (κ1) is 18.4. The maximum absolute atomic E-state index is 13.3. The molecule has 2 aromatic rings. The van der Waals surface area contributed by atoms with Crippen LogP contribution in [0.15, 0.2) is 34.9 Å². The van der Waals surface area contributed by atoms with E-state index in [0.717, 1.165) is 0 Å². The molecule has 1 N–H and O–H groups in total. The fourth-order valence-corrected chi connectivity index (χ4v) is 2.09. The number of hydrogen-bond acceptors (Lipinski definition) is 5. The predicted octanol–water partition coefficient (Wildman–Crippen LogP) is 3.43. The second-order valence-corrected chi connectivity index (χ2v) is 6.32. The lowest BCUT2D eigenvalue weighted by Gasteiger charge is -2.34. The van der Waals surface area contributed by atoms with Gasteiger partial charge in [0.2, 0.25) is 5.89 Å². The Labute approximate surface area is 144 Å². The van der Waals surface area contributed by atoms with E-state index in [1.54, 1.807) is 6.07 Å². The van der Waals surface area contributed by atoms with Crippen molar-refractivity contribution in [2.75, 3.05) is 12.4 Å². The summed E-state index contributed by atoms with van der Waals surface area (Å²) in [4.78, 5) is 29.5. The van der Waals surface area contributed by atoms with Crippen molar-refractivity contribution in [3.05, 3.63) is 47.9 Å². The van der Waals surface area contributed by atoms with Crippen LogP contribution in [0.1, 0.15) is 37.2 Å². The minimum absolute atomic E-state index is 0.0249. The molecule has 1 aromatic heterocycles. The Balaban J connectivity index is 2.17. The molecule has 0 fully saturated rings. The number of carbonyl (C=O) groups excluding carboxylic acids is 2. The van der Waals surface area contributed by atoms with Gasteiger partial charge in [0.1, 0.15) is 12.1 Å². The zero-order valence-electron chi connectivity index (χ0n) is 14.5. The van der Waals surface area contributed by atoms with Crippen molar-refractivity contribution in [1.29, 1.82) is 0 Å². The molecule has 0 spiro atoms. The van der Waals surface area contributed by atoms with Gasteiger partial charge in [-0.15, -0.1) is 0 Å². The van der Waals surface area contributed by atoms with Crippen LogP contribution in [0.5, 0.6) is 0 Å². The summed E-state index contributed by atoms with van der Waals surface area (Å²) in [6.07, 6.45) is 1.17. The van der Waals surface area contributed by atoms with Gasteiger partial charge >= 0.3 is 12.0 Å². The van der Waals surface area contributed by atoms with Crippen LogP contribution in [0, 0.1) is 5.82 Å². The lowest BCUT2D eigenvalue weighted by atomic mass is 10.1. The predicted molar refractivity (Wildman–Crippen MR) is 88.6 cm³/mol. The fraction of sp³-hybridized carbons (Fsp3) is 0.353. The van der Waals surface area contributed by atoms with Gasteiger partial charge in [-0.1, -0.05) is 6.07 Å². The molecule has 25 heavy (non-hydrogen) atoms. The number of anilines is 1. The number of rotatable bonds is 4. The van der Waals surface area contributed by atoms with E-state index in [2.05, 4.69) is 15.0 Å². The van der Waals surface area contributed by atoms with E-state index in [1.165, 1.54) is 36.5 Å². The van der Waals surface area contributed by atoms with Gasteiger partial charge in [-0.25, -0.2) is 19.0 Å². The summed E-state index contributed by atoms with van der Waals surface area (Å²) in [7, 11) is 1.24. The Morgan fingerprint density at radius 3 is 2.68 bits per heavy atom. The summed E-state index contributed by atoms with van der Waals surface area (Å²) >= 11 is 0. The highest BCUT2D eigenvalue weighted by Gasteiger charge is 2.28. The van der Waals surface area contributed by atoms with Gasteiger partial charge in [0.25, 0.3) is 0 Å². The molecule has 1 heterocycles. The van der Waals surface area contributed by atoms with E-state index in [9.17, 15) is 14.0 Å². The standard InChI is InChI=1S/C17H20FN3O4/c1-17(2,3)21(9-14-20-13(10-25-14)15(22)24-4)16(23)19-12-7-5-6-11(18)8-12/h5-8,10H,9H2,1-4H3,(H,19,23). The number of halogens is 1. The van der Waals surface area contributed by atoms with Crippen LogP contribution < -0.4 is 5.32 Å². The molecule has 134 valence electrons. The maximum Gasteiger partial charge on any atom is 0.360 e. The molecule has 0 aliphatic heterocycles. The summed E-state index contributed by atoms with van der Waals surface area (Å²) in [5, 5.41) is 2.64. The Morgan fingerprint density at radius 2 is 2.08 bits per heavy atom. The number of methoxy groups -OCH3 is 1. The number of ether oxygens (including phenoxy) is 1. The molecule has 0 saturated heterocycles. The van der Waals surface area contributed by atoms with Gasteiger partial charge in [0, 0.05) is 11.2 Å². The summed E-state index contributed by atoms with van der Waals surface area (Å²) in [6.45, 7) is 5.54. The van der Waals surface area contributed by atoms with E-state index in [0.29, 0.717) is 5.69 Å². The van der Waals surface area contributed by atoms with Crippen LogP contribution in [-0.4, -0.2) is 34.5 Å². The Bertz CT molecular complexity index is 767. The van der Waals surface area contributed by atoms with E-state index in [1.807, 2.05) is 20.8 Å². The number of nitrogens with zero attached hydrogens (tertiary/aromatic N) is 2. The molecule has 2 rings (SSSR count). The molecule has 2 amide bonds. The van der Waals surface area contributed by atoms with Crippen molar-refractivity contribution in [2.24, 2.45) is 0 Å². The van der Waals surface area contributed by atoms with Crippen molar-refractivity contribution < 1.29 is 23.1 Å². The first-order chi connectivity index (χ1) is 11.7. The van der Waals surface area contributed by atoms with Crippen molar-refractivity contribution >= 4 is 17.7 Å². The van der Waals surface area contributed by atoms with Crippen LogP contribution in [-0.2, 0) is 11.3 Å². The van der Waals surface area contributed by atoms with Crippen molar-refractivity contribution in [1.82, 2.24) is 9.88 Å². The molecule has 1 aromatic carbocycles. The van der Waals surface area contributed by atoms with E-state index >= 15 is 0 Å². The lowest BCUT2D eigenvalue weighted by molar-refractivity contribution is 0.0594. The van der Waals surface area contributed by atoms with Gasteiger partial charge in [-0.3, -0.25) is 0 Å². The fourth-order valence-electron chi connectivity index (χ4n) is 2.09. The smallest absolute Gasteiger partial charge is 0.360 e. The summed E-state index contributed by atoms with van der Waals surface area (Å²) in [6, 6.07) is 5.15. The van der Waals surface area contributed by atoms with Crippen LogP contribution in [0.4, 0.5) is 14.9 Å². The molecule has 8 heteroatoms. The number of nitrogens with one attached hydrogen (secondary N) is 1. The van der Waals surface area contributed by atoms with Gasteiger partial charge in [0.05, 0.1) is 13.7 Å². The third kappa shape index (κ3) is 4.79. The topological polar surface area (TPSA) is 84.7 Å². The zero-order chi connectivity index (χ0) is 18.6. The van der Waals surface area contributed by atoms with E-state index in [4.69, 9.17) is 4.42 Å². The van der Waals surface area contributed by atoms with Crippen molar-refractivity contribution in [2.45, 2.75) is 32.9 Å². The van der Waals surface area contributed by atoms with Gasteiger partial charge in [-0.2, -0.15) is 0 Å². The largest absolute Gasteiger partial charge is 0.464 e. The molecule has 0 radical (unpaired) electrons. The summed E-state index contributed by atoms with van der Waals surface area (Å²) in [5.74, 6) is -0.887. The second kappa shape index (κ2) is 7.33. The number of oxazole rings is 1. The first-order valence-electron chi connectivity index (χ1n) is 7.57. The highest BCUT2D eigenvalue weighted by molar-refractivity contribution is 5.89. The molecule has 0 atom stereocenters. The molecule has 0 aliphatic carbocycles. The molecule has 0 unspecified atom stereocenters. The van der Waals surface area contributed by atoms with Crippen LogP contribution in [0.3, 0.4) is 0 Å². The highest BCUT2D eigenvalue weighted by atomic mass is 19.1. The summed E-state index contributed by atoms with van der Waals surface area (Å²) < 4.78 is 23.1. The Hall–Kier alpha value is -2.90. The molecular weight excluding hydrogens is 329 g/mol. The number of amides is 2. The highest BCUT2D eigenvalue weighted by Crippen LogP contribution is 2.20. The SMILES string of the molecule is COC(=O)c1coc(CN(C(=O)Nc2cccc(F)c2)C(C)(C)C)n1. The van der Waals surface area contributed by atoms with Crippen molar-refractivity contribution in [3.63, 3.8) is 0 Å². The number of carbonyl (C=O) groups is 2. The van der Waals surface area contributed by atoms with E-state index in [-0.39, 0.29) is 18.1 Å². The Morgan fingerprint density at radius 1 is 1.36 bits per heavy atom. The zero-order valence-corrected chi connectivity index (χ0v) is 14.5. The first-order valence-corrected chi connectivity index (χ1v) is 7.57. The van der Waals surface area contributed by atoms with Crippen LogP contribution in [0.25, 0.3) is 0 Å². The van der Waals surface area contributed by atoms with Crippen LogP contribution >= 0.6 is 0 Å². The lowest BCUT2D eigenvalue weighted by Crippen LogP contribution is -2.47. The minimum atomic E-state index is -0.624. The van der Waals surface area contributed by atoms with Gasteiger partial charge < -0.3 is 19.4 Å². The average molecular weight is 349 g/mol. The van der Waals surface area contributed by atoms with Gasteiger partial charge in [-0.05, 0) is 39.0 Å². The monoisotopic (exact) mass is 349 g/mol. The maximum atomic E-state index is 13.3. The van der Waals surface area contributed by atoms with Gasteiger partial charge in [0.15, 0.2) is 5.69 Å². The number of benzene rings is 1. The summed E-state index contributed by atoms with van der Waals surface area (Å²) in [5.41, 5.74) is -0.212.